The minimum Gasteiger partial charge on any atom is -0.457 e. The molecule has 0 aliphatic heterocycles. The summed E-state index contributed by atoms with van der Waals surface area (Å²) in [6.45, 7) is 1.37. The molecule has 8 heteroatoms. The summed E-state index contributed by atoms with van der Waals surface area (Å²) in [6, 6.07) is 26.1. The fraction of sp³-hybridized carbons (Fsp3) is 0.167. The maximum Gasteiger partial charge on any atom is 0.306 e. The van der Waals surface area contributed by atoms with Gasteiger partial charge < -0.3 is 20.1 Å². The molecule has 4 aromatic carbocycles. The smallest absolute Gasteiger partial charge is 0.306 e. The van der Waals surface area contributed by atoms with Crippen molar-refractivity contribution >= 4 is 51.5 Å². The van der Waals surface area contributed by atoms with Crippen LogP contribution in [-0.2, 0) is 19.1 Å². The Morgan fingerprint density at radius 2 is 1.53 bits per heavy atom. The number of fused-ring (bicyclic) bond motifs is 1. The van der Waals surface area contributed by atoms with E-state index in [0.29, 0.717) is 28.6 Å². The highest BCUT2D eigenvalue weighted by Gasteiger charge is 2.11. The van der Waals surface area contributed by atoms with Gasteiger partial charge in [0.2, 0.25) is 5.91 Å². The molecule has 0 aromatic heterocycles. The van der Waals surface area contributed by atoms with Crippen LogP contribution in [0.1, 0.15) is 24.8 Å². The van der Waals surface area contributed by atoms with Crippen molar-refractivity contribution in [3.8, 4) is 11.5 Å². The minimum atomic E-state index is -0.550. The topological polar surface area (TPSA) is 93.7 Å². The average molecular weight is 531 g/mol. The van der Waals surface area contributed by atoms with Crippen molar-refractivity contribution in [1.29, 1.82) is 0 Å². The third kappa shape index (κ3) is 7.33. The summed E-state index contributed by atoms with van der Waals surface area (Å²) >= 11 is 6.04. The molecule has 7 nitrogen and oxygen atoms in total. The van der Waals surface area contributed by atoms with Gasteiger partial charge in [-0.05, 0) is 66.8 Å². The molecule has 0 heterocycles. The first kappa shape index (κ1) is 26.7. The fourth-order valence-corrected chi connectivity index (χ4v) is 3.96. The molecule has 0 spiro atoms. The van der Waals surface area contributed by atoms with Gasteiger partial charge in [-0.3, -0.25) is 14.4 Å². The molecule has 194 valence electrons. The molecule has 0 unspecified atom stereocenters. The normalized spacial score (nSPS) is 10.6. The number of ether oxygens (including phenoxy) is 2. The van der Waals surface area contributed by atoms with Gasteiger partial charge in [-0.25, -0.2) is 0 Å². The van der Waals surface area contributed by atoms with Crippen molar-refractivity contribution < 1.29 is 23.9 Å². The molecule has 38 heavy (non-hydrogen) atoms. The van der Waals surface area contributed by atoms with E-state index in [-0.39, 0.29) is 18.7 Å². The number of halogens is 1. The van der Waals surface area contributed by atoms with E-state index in [2.05, 4.69) is 10.6 Å². The van der Waals surface area contributed by atoms with Crippen LogP contribution < -0.4 is 15.4 Å². The number of carbonyl (C=O) groups excluding carboxylic acids is 3. The maximum absolute atomic E-state index is 12.3. The van der Waals surface area contributed by atoms with Gasteiger partial charge in [0.05, 0.1) is 0 Å². The highest BCUT2D eigenvalue weighted by molar-refractivity contribution is 6.31. The van der Waals surface area contributed by atoms with E-state index < -0.39 is 18.5 Å². The standard InChI is InChI=1S/C30H27ClN2O5/c1-20-25(31)10-5-11-26(20)33-29(35)19-37-30(36)14-6-13-28(34)32-22-15-17-23(18-16-22)38-27-12-4-8-21-7-2-3-9-24(21)27/h2-5,7-12,15-18H,6,13-14,19H2,1H3,(H,32,34)(H,33,35). The van der Waals surface area contributed by atoms with Gasteiger partial charge >= 0.3 is 5.97 Å². The monoisotopic (exact) mass is 530 g/mol. The largest absolute Gasteiger partial charge is 0.457 e. The second kappa shape index (κ2) is 12.7. The van der Waals surface area contributed by atoms with E-state index in [4.69, 9.17) is 21.1 Å². The van der Waals surface area contributed by atoms with Crippen molar-refractivity contribution in [1.82, 2.24) is 0 Å². The number of amides is 2. The number of hydrogen-bond acceptors (Lipinski definition) is 5. The van der Waals surface area contributed by atoms with E-state index in [9.17, 15) is 14.4 Å². The molecule has 0 bridgehead atoms. The van der Waals surface area contributed by atoms with Crippen LogP contribution in [0.15, 0.2) is 84.9 Å². The second-order valence-electron chi connectivity index (χ2n) is 8.63. The molecule has 0 aliphatic carbocycles. The Bertz CT molecular complexity index is 1450. The summed E-state index contributed by atoms with van der Waals surface area (Å²) in [4.78, 5) is 36.3. The lowest BCUT2D eigenvalue weighted by molar-refractivity contribution is -0.147. The molecule has 0 fully saturated rings. The average Bonchev–Trinajstić information content (AvgIpc) is 2.91. The van der Waals surface area contributed by atoms with Gasteiger partial charge in [-0.15, -0.1) is 0 Å². The summed E-state index contributed by atoms with van der Waals surface area (Å²) in [5, 5.41) is 8.10. The van der Waals surface area contributed by atoms with Crippen molar-refractivity contribution in [2.24, 2.45) is 0 Å². The number of esters is 1. The van der Waals surface area contributed by atoms with E-state index in [1.54, 1.807) is 49.4 Å². The third-order valence-electron chi connectivity index (χ3n) is 5.81. The Labute approximate surface area is 225 Å². The van der Waals surface area contributed by atoms with Crippen molar-refractivity contribution in [3.63, 3.8) is 0 Å². The van der Waals surface area contributed by atoms with E-state index in [1.165, 1.54) is 0 Å². The zero-order valence-electron chi connectivity index (χ0n) is 20.8. The Hall–Kier alpha value is -4.36. The third-order valence-corrected chi connectivity index (χ3v) is 6.22. The number of anilines is 2. The predicted molar refractivity (Wildman–Crippen MR) is 149 cm³/mol. The van der Waals surface area contributed by atoms with Crippen molar-refractivity contribution in [2.75, 3.05) is 17.2 Å². The molecule has 0 aliphatic rings. The fourth-order valence-electron chi connectivity index (χ4n) is 3.78. The summed E-state index contributed by atoms with van der Waals surface area (Å²) in [7, 11) is 0. The van der Waals surface area contributed by atoms with Gasteiger partial charge in [0, 0.05) is 34.6 Å². The quantitative estimate of drug-likeness (QED) is 0.218. The van der Waals surface area contributed by atoms with Crippen LogP contribution in [0.4, 0.5) is 11.4 Å². The van der Waals surface area contributed by atoms with Gasteiger partial charge in [0.1, 0.15) is 11.5 Å². The zero-order valence-corrected chi connectivity index (χ0v) is 21.6. The van der Waals surface area contributed by atoms with Crippen LogP contribution in [-0.4, -0.2) is 24.4 Å². The highest BCUT2D eigenvalue weighted by Crippen LogP contribution is 2.30. The SMILES string of the molecule is Cc1c(Cl)cccc1NC(=O)COC(=O)CCCC(=O)Nc1ccc(Oc2cccc3ccccc23)cc1. The van der Waals surface area contributed by atoms with Crippen LogP contribution in [0, 0.1) is 6.92 Å². The molecule has 0 radical (unpaired) electrons. The number of hydrogen-bond donors (Lipinski definition) is 2. The summed E-state index contributed by atoms with van der Waals surface area (Å²) in [5.74, 6) is 0.162. The molecule has 0 saturated carbocycles. The van der Waals surface area contributed by atoms with Crippen molar-refractivity contribution in [2.45, 2.75) is 26.2 Å². The van der Waals surface area contributed by atoms with Gasteiger partial charge in [0.25, 0.3) is 5.91 Å². The van der Waals surface area contributed by atoms with Gasteiger partial charge in [-0.2, -0.15) is 0 Å². The predicted octanol–water partition coefficient (Wildman–Crippen LogP) is 6.88. The minimum absolute atomic E-state index is 0.0225. The molecule has 4 aromatic rings. The Morgan fingerprint density at radius 1 is 0.789 bits per heavy atom. The van der Waals surface area contributed by atoms with Gasteiger partial charge in [0.15, 0.2) is 6.61 Å². The van der Waals surface area contributed by atoms with Crippen LogP contribution in [0.3, 0.4) is 0 Å². The summed E-state index contributed by atoms with van der Waals surface area (Å²) in [6.07, 6.45) is 0.452. The van der Waals surface area contributed by atoms with Crippen LogP contribution >= 0.6 is 11.6 Å². The summed E-state index contributed by atoms with van der Waals surface area (Å²) < 4.78 is 11.0. The lowest BCUT2D eigenvalue weighted by atomic mass is 10.1. The number of nitrogens with one attached hydrogen (secondary N) is 2. The number of carbonyl (C=O) groups is 3. The molecule has 0 atom stereocenters. The van der Waals surface area contributed by atoms with Crippen LogP contribution in [0.2, 0.25) is 5.02 Å². The van der Waals surface area contributed by atoms with E-state index in [1.807, 2.05) is 42.5 Å². The summed E-state index contributed by atoms with van der Waals surface area (Å²) in [5.41, 5.74) is 1.91. The lowest BCUT2D eigenvalue weighted by Crippen LogP contribution is -2.21. The Kier molecular flexibility index (Phi) is 8.95. The molecule has 4 rings (SSSR count). The molecular weight excluding hydrogens is 504 g/mol. The van der Waals surface area contributed by atoms with Gasteiger partial charge in [-0.1, -0.05) is 54.1 Å². The van der Waals surface area contributed by atoms with Crippen LogP contribution in [0.25, 0.3) is 10.8 Å². The molecule has 2 amide bonds. The van der Waals surface area contributed by atoms with Crippen LogP contribution in [0.5, 0.6) is 11.5 Å². The number of rotatable bonds is 10. The van der Waals surface area contributed by atoms with Crippen molar-refractivity contribution in [3.05, 3.63) is 95.5 Å². The maximum atomic E-state index is 12.3. The molecule has 2 N–H and O–H groups in total. The zero-order chi connectivity index (χ0) is 26.9. The first-order valence-corrected chi connectivity index (χ1v) is 12.5. The second-order valence-corrected chi connectivity index (χ2v) is 9.03. The first-order valence-electron chi connectivity index (χ1n) is 12.1. The van der Waals surface area contributed by atoms with E-state index in [0.717, 1.165) is 22.1 Å². The first-order chi connectivity index (χ1) is 18.4. The van der Waals surface area contributed by atoms with E-state index >= 15 is 0 Å². The lowest BCUT2D eigenvalue weighted by Gasteiger charge is -2.10. The molecule has 0 saturated heterocycles. The number of benzene rings is 4. The molecular formula is C30H27ClN2O5. The Balaban J connectivity index is 1.17. The Morgan fingerprint density at radius 3 is 2.34 bits per heavy atom. The highest BCUT2D eigenvalue weighted by atomic mass is 35.5.